The molecule has 1 saturated heterocycles. The lowest BCUT2D eigenvalue weighted by Gasteiger charge is -2.23. The van der Waals surface area contributed by atoms with E-state index in [4.69, 9.17) is 14.2 Å². The monoisotopic (exact) mass is 358 g/mol. The molecule has 0 atom stereocenters. The van der Waals surface area contributed by atoms with Gasteiger partial charge in [-0.05, 0) is 24.3 Å². The lowest BCUT2D eigenvalue weighted by Crippen LogP contribution is -2.33. The molecule has 0 aliphatic carbocycles. The van der Waals surface area contributed by atoms with Crippen LogP contribution in [0.25, 0.3) is 0 Å². The lowest BCUT2D eigenvalue weighted by atomic mass is 10.1. The Labute approximate surface area is 149 Å². The minimum Gasteiger partial charge on any atom is -0.490 e. The van der Waals surface area contributed by atoms with Crippen molar-refractivity contribution in [3.63, 3.8) is 0 Å². The largest absolute Gasteiger partial charge is 0.490 e. The van der Waals surface area contributed by atoms with Gasteiger partial charge in [0.25, 0.3) is 5.91 Å². The number of amides is 1. The first-order valence-electron chi connectivity index (χ1n) is 8.12. The van der Waals surface area contributed by atoms with E-state index in [-0.39, 0.29) is 24.4 Å². The molecule has 1 aromatic carbocycles. The second kappa shape index (κ2) is 12.1. The van der Waals surface area contributed by atoms with Crippen LogP contribution in [-0.4, -0.2) is 58.6 Å². The Hall–Kier alpha value is -1.34. The minimum atomic E-state index is -0.0730. The van der Waals surface area contributed by atoms with E-state index in [1.165, 1.54) is 0 Å². The lowest BCUT2D eigenvalue weighted by molar-refractivity contribution is 0.0256. The number of hydrogen-bond donors (Lipinski definition) is 2. The summed E-state index contributed by atoms with van der Waals surface area (Å²) < 4.78 is 16.1. The summed E-state index contributed by atoms with van der Waals surface area (Å²) in [6.07, 6.45) is 2.04. The van der Waals surface area contributed by atoms with Gasteiger partial charge in [-0.15, -0.1) is 12.4 Å². The average Bonchev–Trinajstić information content (AvgIpc) is 2.59. The van der Waals surface area contributed by atoms with Crippen molar-refractivity contribution in [1.82, 2.24) is 10.6 Å². The van der Waals surface area contributed by atoms with Crippen molar-refractivity contribution in [2.75, 3.05) is 46.6 Å². The van der Waals surface area contributed by atoms with Crippen LogP contribution >= 0.6 is 12.4 Å². The number of rotatable bonds is 9. The highest BCUT2D eigenvalue weighted by atomic mass is 35.5. The maximum Gasteiger partial charge on any atom is 0.251 e. The highest BCUT2D eigenvalue weighted by molar-refractivity contribution is 5.94. The number of benzene rings is 1. The molecular formula is C17H27ClN2O4. The van der Waals surface area contributed by atoms with Gasteiger partial charge in [-0.3, -0.25) is 4.79 Å². The first-order chi connectivity index (χ1) is 11.3. The quantitative estimate of drug-likeness (QED) is 0.657. The molecule has 0 radical (unpaired) electrons. The smallest absolute Gasteiger partial charge is 0.251 e. The van der Waals surface area contributed by atoms with E-state index in [9.17, 15) is 4.79 Å². The SMILES string of the molecule is COCCNCCNC(=O)c1ccc(OC2CCOCC2)cc1.Cl. The van der Waals surface area contributed by atoms with Crippen LogP contribution in [0, 0.1) is 0 Å². The summed E-state index contributed by atoms with van der Waals surface area (Å²) in [6.45, 7) is 4.27. The van der Waals surface area contributed by atoms with Crippen molar-refractivity contribution < 1.29 is 19.0 Å². The van der Waals surface area contributed by atoms with Crippen LogP contribution in [0.3, 0.4) is 0 Å². The van der Waals surface area contributed by atoms with Crippen molar-refractivity contribution in [2.45, 2.75) is 18.9 Å². The Bertz CT molecular complexity index is 464. The van der Waals surface area contributed by atoms with Crippen LogP contribution in [0.1, 0.15) is 23.2 Å². The topological polar surface area (TPSA) is 68.8 Å². The summed E-state index contributed by atoms with van der Waals surface area (Å²) in [7, 11) is 1.67. The van der Waals surface area contributed by atoms with Gasteiger partial charge >= 0.3 is 0 Å². The zero-order valence-electron chi connectivity index (χ0n) is 14.1. The van der Waals surface area contributed by atoms with Gasteiger partial charge in [-0.2, -0.15) is 0 Å². The third-order valence-corrected chi connectivity index (χ3v) is 3.66. The summed E-state index contributed by atoms with van der Waals surface area (Å²) >= 11 is 0. The van der Waals surface area contributed by atoms with Crippen LogP contribution in [0.15, 0.2) is 24.3 Å². The van der Waals surface area contributed by atoms with Crippen molar-refractivity contribution in [1.29, 1.82) is 0 Å². The van der Waals surface area contributed by atoms with Crippen LogP contribution < -0.4 is 15.4 Å². The summed E-state index contributed by atoms with van der Waals surface area (Å²) in [6, 6.07) is 7.28. The highest BCUT2D eigenvalue weighted by Gasteiger charge is 2.15. The molecule has 136 valence electrons. The summed E-state index contributed by atoms with van der Waals surface area (Å²) in [4.78, 5) is 12.0. The maximum absolute atomic E-state index is 12.0. The number of ether oxygens (including phenoxy) is 3. The molecule has 0 aromatic heterocycles. The summed E-state index contributed by atoms with van der Waals surface area (Å²) in [5.41, 5.74) is 0.640. The number of methoxy groups -OCH3 is 1. The zero-order valence-corrected chi connectivity index (χ0v) is 14.9. The third-order valence-electron chi connectivity index (χ3n) is 3.66. The fraction of sp³-hybridized carbons (Fsp3) is 0.588. The Balaban J connectivity index is 0.00000288. The number of carbonyl (C=O) groups excluding carboxylic acids is 1. The standard InChI is InChI=1S/C17H26N2O4.ClH/c1-21-13-10-18-8-9-19-17(20)14-2-4-15(5-3-14)23-16-6-11-22-12-7-16;/h2-5,16,18H,6-13H2,1H3,(H,19,20);1H. The number of nitrogens with one attached hydrogen (secondary N) is 2. The van der Waals surface area contributed by atoms with E-state index in [2.05, 4.69) is 10.6 Å². The van der Waals surface area contributed by atoms with E-state index in [0.29, 0.717) is 18.7 Å². The molecule has 2 rings (SSSR count). The van der Waals surface area contributed by atoms with E-state index in [1.807, 2.05) is 12.1 Å². The molecule has 1 aromatic rings. The fourth-order valence-electron chi connectivity index (χ4n) is 2.34. The van der Waals surface area contributed by atoms with Crippen molar-refractivity contribution in [2.24, 2.45) is 0 Å². The molecule has 7 heteroatoms. The van der Waals surface area contributed by atoms with Gasteiger partial charge < -0.3 is 24.8 Å². The Morgan fingerprint density at radius 1 is 1.17 bits per heavy atom. The predicted octanol–water partition coefficient (Wildman–Crippen LogP) is 1.63. The van der Waals surface area contributed by atoms with Gasteiger partial charge in [0.2, 0.25) is 0 Å². The summed E-state index contributed by atoms with van der Waals surface area (Å²) in [5, 5.41) is 6.05. The number of hydrogen-bond acceptors (Lipinski definition) is 5. The van der Waals surface area contributed by atoms with Gasteiger partial charge in [-0.25, -0.2) is 0 Å². The van der Waals surface area contributed by atoms with Crippen LogP contribution in [-0.2, 0) is 9.47 Å². The van der Waals surface area contributed by atoms with Crippen molar-refractivity contribution >= 4 is 18.3 Å². The Kier molecular flexibility index (Phi) is 10.4. The molecule has 1 aliphatic rings. The second-order valence-electron chi connectivity index (χ2n) is 5.45. The van der Waals surface area contributed by atoms with Gasteiger partial charge in [0.05, 0.1) is 19.8 Å². The van der Waals surface area contributed by atoms with Gasteiger partial charge in [0.15, 0.2) is 0 Å². The van der Waals surface area contributed by atoms with E-state index >= 15 is 0 Å². The molecule has 1 fully saturated rings. The van der Waals surface area contributed by atoms with Crippen LogP contribution in [0.2, 0.25) is 0 Å². The molecule has 6 nitrogen and oxygen atoms in total. The van der Waals surface area contributed by atoms with Gasteiger partial charge in [0, 0.05) is 45.1 Å². The average molecular weight is 359 g/mol. The molecule has 0 saturated carbocycles. The molecular weight excluding hydrogens is 332 g/mol. The second-order valence-corrected chi connectivity index (χ2v) is 5.45. The molecule has 1 amide bonds. The van der Waals surface area contributed by atoms with Gasteiger partial charge in [0.1, 0.15) is 11.9 Å². The Morgan fingerprint density at radius 2 is 1.88 bits per heavy atom. The molecule has 1 aliphatic heterocycles. The molecule has 2 N–H and O–H groups in total. The molecule has 0 bridgehead atoms. The van der Waals surface area contributed by atoms with Crippen molar-refractivity contribution in [3.8, 4) is 5.75 Å². The number of halogens is 1. The normalized spacial score (nSPS) is 14.7. The maximum atomic E-state index is 12.0. The minimum absolute atomic E-state index is 0. The van der Waals surface area contributed by atoms with Crippen LogP contribution in [0.5, 0.6) is 5.75 Å². The van der Waals surface area contributed by atoms with Crippen molar-refractivity contribution in [3.05, 3.63) is 29.8 Å². The molecule has 0 spiro atoms. The highest BCUT2D eigenvalue weighted by Crippen LogP contribution is 2.18. The first-order valence-corrected chi connectivity index (χ1v) is 8.12. The molecule has 24 heavy (non-hydrogen) atoms. The van der Waals surface area contributed by atoms with E-state index < -0.39 is 0 Å². The third kappa shape index (κ3) is 7.49. The first kappa shape index (κ1) is 20.7. The van der Waals surface area contributed by atoms with E-state index in [0.717, 1.165) is 44.9 Å². The molecule has 0 unspecified atom stereocenters. The fourth-order valence-corrected chi connectivity index (χ4v) is 2.34. The predicted molar refractivity (Wildman–Crippen MR) is 95.2 cm³/mol. The summed E-state index contributed by atoms with van der Waals surface area (Å²) in [5.74, 6) is 0.728. The number of carbonyl (C=O) groups is 1. The Morgan fingerprint density at radius 3 is 2.54 bits per heavy atom. The van der Waals surface area contributed by atoms with Gasteiger partial charge in [-0.1, -0.05) is 0 Å². The van der Waals surface area contributed by atoms with Crippen LogP contribution in [0.4, 0.5) is 0 Å². The zero-order chi connectivity index (χ0) is 16.3. The molecule has 1 heterocycles. The van der Waals surface area contributed by atoms with E-state index in [1.54, 1.807) is 19.2 Å².